The number of fused-ring (bicyclic) bond motifs is 9. The highest BCUT2D eigenvalue weighted by Gasteiger charge is 2.39. The van der Waals surface area contributed by atoms with Gasteiger partial charge in [-0.1, -0.05) is 121 Å². The number of rotatable bonds is 5. The third-order valence-corrected chi connectivity index (χ3v) is 12.3. The second-order valence-electron chi connectivity index (χ2n) is 15.6. The maximum atomic E-state index is 6.80. The zero-order chi connectivity index (χ0) is 37.5. The lowest BCUT2D eigenvalue weighted by Crippen LogP contribution is -2.59. The number of hydrogen-bond acceptors (Lipinski definition) is 5. The van der Waals surface area contributed by atoms with Crippen LogP contribution in [-0.2, 0) is 0 Å². The third kappa shape index (κ3) is 5.29. The monoisotopic (exact) mass is 740 g/mol. The molecule has 1 fully saturated rings. The van der Waals surface area contributed by atoms with Gasteiger partial charge < -0.3 is 13.7 Å². The zero-order valence-corrected chi connectivity index (χ0v) is 31.2. The van der Waals surface area contributed by atoms with Gasteiger partial charge in [-0.2, -0.15) is 0 Å². The Morgan fingerprint density at radius 3 is 2.21 bits per heavy atom. The Balaban J connectivity index is 0.907. The van der Waals surface area contributed by atoms with Gasteiger partial charge in [-0.25, -0.2) is 0 Å². The molecule has 12 rings (SSSR count). The van der Waals surface area contributed by atoms with Crippen LogP contribution in [-0.4, -0.2) is 16.8 Å². The predicted molar refractivity (Wildman–Crippen MR) is 230 cm³/mol. The van der Waals surface area contributed by atoms with Gasteiger partial charge in [-0.3, -0.25) is 16.0 Å². The van der Waals surface area contributed by atoms with E-state index in [9.17, 15) is 0 Å². The average Bonchev–Trinajstić information content (AvgIpc) is 3.96. The molecule has 5 atom stereocenters. The van der Waals surface area contributed by atoms with Crippen LogP contribution in [0.15, 0.2) is 180 Å². The third-order valence-electron chi connectivity index (χ3n) is 12.3. The van der Waals surface area contributed by atoms with Crippen molar-refractivity contribution in [2.45, 2.75) is 43.4 Å². The van der Waals surface area contributed by atoms with E-state index in [2.05, 4.69) is 190 Å². The van der Waals surface area contributed by atoms with E-state index < -0.39 is 0 Å². The Hall–Kier alpha value is -6.44. The van der Waals surface area contributed by atoms with Crippen LogP contribution >= 0.6 is 0 Å². The van der Waals surface area contributed by atoms with Gasteiger partial charge in [0.1, 0.15) is 23.0 Å². The summed E-state index contributed by atoms with van der Waals surface area (Å²) in [5.74, 6) is 1.05. The molecular formula is C51H40N4O2. The number of hydrogen-bond donors (Lipinski definition) is 3. The number of nitrogens with one attached hydrogen (secondary N) is 3. The summed E-state index contributed by atoms with van der Waals surface area (Å²) in [5, 5.41) is 16.3. The van der Waals surface area contributed by atoms with Gasteiger partial charge >= 0.3 is 0 Å². The molecule has 57 heavy (non-hydrogen) atoms. The maximum Gasteiger partial charge on any atom is 0.137 e. The van der Waals surface area contributed by atoms with Crippen LogP contribution in [0.4, 0.5) is 0 Å². The van der Waals surface area contributed by atoms with Gasteiger partial charge in [0.05, 0.1) is 40.6 Å². The fourth-order valence-electron chi connectivity index (χ4n) is 9.69. The van der Waals surface area contributed by atoms with Crippen LogP contribution in [0.3, 0.4) is 0 Å². The first kappa shape index (κ1) is 32.8. The molecule has 6 heteroatoms. The standard InChI is InChI=1S/C51H40N4O2/c1-3-13-31(14-4-1)49-52-50(32-15-5-2-6-16-32)54-51(53-49)38-19-11-23-44-47(38)37-27-25-34(30-46(37)57-44)33-26-28-43-39(29-33)48-42(22-12-24-45(48)56-43)55-40-20-9-7-17-35(40)36-18-8-10-21-41(36)55/h1,3-5,7-30,37,46,49-54H,2,6H2. The summed E-state index contributed by atoms with van der Waals surface area (Å²) in [6.45, 7) is 0. The van der Waals surface area contributed by atoms with Crippen molar-refractivity contribution in [1.29, 1.82) is 0 Å². The van der Waals surface area contributed by atoms with Gasteiger partial charge in [-0.15, -0.1) is 0 Å². The zero-order valence-electron chi connectivity index (χ0n) is 31.2. The van der Waals surface area contributed by atoms with Crippen molar-refractivity contribution >= 4 is 49.3 Å². The molecule has 0 spiro atoms. The van der Waals surface area contributed by atoms with E-state index >= 15 is 0 Å². The highest BCUT2D eigenvalue weighted by Crippen LogP contribution is 2.47. The first-order chi connectivity index (χ1) is 28.2. The normalized spacial score (nSPS) is 22.8. The van der Waals surface area contributed by atoms with Gasteiger partial charge in [0.2, 0.25) is 0 Å². The summed E-state index contributed by atoms with van der Waals surface area (Å²) in [4.78, 5) is 0. The van der Waals surface area contributed by atoms with E-state index in [1.807, 2.05) is 0 Å². The molecule has 0 saturated carbocycles. The van der Waals surface area contributed by atoms with E-state index in [0.29, 0.717) is 0 Å². The lowest BCUT2D eigenvalue weighted by Gasteiger charge is -2.41. The molecular weight excluding hydrogens is 701 g/mol. The molecule has 1 saturated heterocycles. The lowest BCUT2D eigenvalue weighted by molar-refractivity contribution is 0.223. The molecule has 4 aliphatic rings. The second kappa shape index (κ2) is 13.1. The van der Waals surface area contributed by atoms with Crippen LogP contribution in [0.5, 0.6) is 5.75 Å². The van der Waals surface area contributed by atoms with Gasteiger partial charge in [-0.05, 0) is 89.2 Å². The number of ether oxygens (including phenoxy) is 1. The second-order valence-corrected chi connectivity index (χ2v) is 15.6. The first-order valence-electron chi connectivity index (χ1n) is 20.1. The van der Waals surface area contributed by atoms with Crippen LogP contribution in [0.25, 0.3) is 55.0 Å². The van der Waals surface area contributed by atoms with E-state index in [1.165, 1.54) is 44.1 Å². The minimum Gasteiger partial charge on any atom is -0.485 e. The number of aromatic nitrogens is 1. The summed E-state index contributed by atoms with van der Waals surface area (Å²) >= 11 is 0. The van der Waals surface area contributed by atoms with E-state index in [0.717, 1.165) is 57.4 Å². The van der Waals surface area contributed by atoms with Crippen molar-refractivity contribution in [1.82, 2.24) is 20.5 Å². The molecule has 6 aromatic carbocycles. The van der Waals surface area contributed by atoms with Crippen LogP contribution < -0.4 is 20.7 Å². The highest BCUT2D eigenvalue weighted by molar-refractivity contribution is 6.14. The van der Waals surface area contributed by atoms with Gasteiger partial charge in [0, 0.05) is 27.6 Å². The van der Waals surface area contributed by atoms with Crippen molar-refractivity contribution in [2.24, 2.45) is 0 Å². The number of para-hydroxylation sites is 2. The van der Waals surface area contributed by atoms with Crippen molar-refractivity contribution in [3.63, 3.8) is 0 Å². The molecule has 5 unspecified atom stereocenters. The topological polar surface area (TPSA) is 63.4 Å². The van der Waals surface area contributed by atoms with Crippen molar-refractivity contribution < 1.29 is 9.15 Å². The molecule has 0 amide bonds. The molecule has 276 valence electrons. The largest absolute Gasteiger partial charge is 0.485 e. The van der Waals surface area contributed by atoms with E-state index in [1.54, 1.807) is 0 Å². The molecule has 2 aromatic heterocycles. The number of nitrogens with zero attached hydrogens (tertiary/aromatic N) is 1. The SMILES string of the molecule is C1=CC(C2NC(c3ccccc3)NC(c3cccc4c3C3C=CC(c5ccc6oc7cccc(-n8c9ccccc9c9ccccc98)c7c6c5)=CC3O4)N2)=CCC1. The molecule has 2 aliphatic carbocycles. The average molecular weight is 741 g/mol. The molecule has 8 aromatic rings. The Kier molecular flexibility index (Phi) is 7.51. The summed E-state index contributed by atoms with van der Waals surface area (Å²) in [7, 11) is 0. The minimum atomic E-state index is -0.113. The summed E-state index contributed by atoms with van der Waals surface area (Å²) in [6.07, 6.45) is 15.8. The Morgan fingerprint density at radius 2 is 1.39 bits per heavy atom. The smallest absolute Gasteiger partial charge is 0.137 e. The van der Waals surface area contributed by atoms with Gasteiger partial charge in [0.15, 0.2) is 0 Å². The fraction of sp³-hybridized carbons (Fsp3) is 0.137. The summed E-state index contributed by atoms with van der Waals surface area (Å²) < 4.78 is 15.7. The first-order valence-corrected chi connectivity index (χ1v) is 20.1. The lowest BCUT2D eigenvalue weighted by atomic mass is 9.84. The fourth-order valence-corrected chi connectivity index (χ4v) is 9.69. The molecule has 4 heterocycles. The molecule has 2 aliphatic heterocycles. The van der Waals surface area contributed by atoms with Crippen molar-refractivity contribution in [3.8, 4) is 11.4 Å². The Labute approximate surface area is 330 Å². The quantitative estimate of drug-likeness (QED) is 0.164. The summed E-state index contributed by atoms with van der Waals surface area (Å²) in [5.41, 5.74) is 12.5. The van der Waals surface area contributed by atoms with Crippen LogP contribution in [0.2, 0.25) is 0 Å². The van der Waals surface area contributed by atoms with Crippen molar-refractivity contribution in [3.05, 3.63) is 198 Å². The number of furan rings is 1. The van der Waals surface area contributed by atoms with Crippen LogP contribution in [0.1, 0.15) is 53.3 Å². The minimum absolute atomic E-state index is 0.00442. The van der Waals surface area contributed by atoms with E-state index in [4.69, 9.17) is 9.15 Å². The van der Waals surface area contributed by atoms with Crippen molar-refractivity contribution in [2.75, 3.05) is 0 Å². The van der Waals surface area contributed by atoms with Gasteiger partial charge in [0.25, 0.3) is 0 Å². The Bertz CT molecular complexity index is 2970. The van der Waals surface area contributed by atoms with Crippen LogP contribution in [0, 0.1) is 0 Å². The van der Waals surface area contributed by atoms with E-state index in [-0.39, 0.29) is 30.5 Å². The summed E-state index contributed by atoms with van der Waals surface area (Å²) in [6, 6.07) is 47.5. The highest BCUT2D eigenvalue weighted by atomic mass is 16.5. The molecule has 0 bridgehead atoms. The molecule has 3 N–H and O–H groups in total. The maximum absolute atomic E-state index is 6.80. The predicted octanol–water partition coefficient (Wildman–Crippen LogP) is 11.3. The number of allylic oxidation sites excluding steroid dienone is 4. The number of benzene rings is 6. The molecule has 0 radical (unpaired) electrons. The molecule has 6 nitrogen and oxygen atoms in total. The Morgan fingerprint density at radius 1 is 0.614 bits per heavy atom.